The predicted octanol–water partition coefficient (Wildman–Crippen LogP) is 10.6. The molecular formula is C42H76N4O2. The predicted molar refractivity (Wildman–Crippen MR) is 210 cm³/mol. The van der Waals surface area contributed by atoms with E-state index < -0.39 is 6.04 Å². The summed E-state index contributed by atoms with van der Waals surface area (Å²) in [5.41, 5.74) is 6.46. The van der Waals surface area contributed by atoms with E-state index in [0.717, 1.165) is 63.5 Å². The van der Waals surface area contributed by atoms with Crippen LogP contribution in [0.5, 0.6) is 0 Å². The third kappa shape index (κ3) is 31.8. The summed E-state index contributed by atoms with van der Waals surface area (Å²) in [6.45, 7) is 5.12. The van der Waals surface area contributed by atoms with Gasteiger partial charge in [0.15, 0.2) is 0 Å². The number of unbranched alkanes of at least 4 members (excludes halogenated alkanes) is 17. The molecule has 48 heavy (non-hydrogen) atoms. The molecule has 0 rings (SSSR count). The lowest BCUT2D eigenvalue weighted by Gasteiger charge is -2.20. The Labute approximate surface area is 297 Å². The first-order valence-corrected chi connectivity index (χ1v) is 19.8. The SMILES string of the molecule is CCCCC/C=C\C/C=C\CCCCCCCCNC(=O)C(C/C(=C/N)NC)NC(=O)CCCCCCC/C=C\C/C=C\CCCCC. The Balaban J connectivity index is 4.06. The maximum atomic E-state index is 13.0. The average molecular weight is 669 g/mol. The first kappa shape index (κ1) is 45.2. The number of carbonyl (C=O) groups is 2. The number of rotatable bonds is 34. The van der Waals surface area contributed by atoms with Crippen LogP contribution in [0.1, 0.15) is 174 Å². The monoisotopic (exact) mass is 669 g/mol. The third-order valence-corrected chi connectivity index (χ3v) is 8.63. The fourth-order valence-electron chi connectivity index (χ4n) is 5.49. The molecule has 0 aliphatic rings. The van der Waals surface area contributed by atoms with Gasteiger partial charge in [0.2, 0.25) is 11.8 Å². The molecule has 6 nitrogen and oxygen atoms in total. The molecule has 0 saturated carbocycles. The lowest BCUT2D eigenvalue weighted by Crippen LogP contribution is -2.47. The minimum absolute atomic E-state index is 0.0676. The normalized spacial score (nSPS) is 12.9. The molecule has 276 valence electrons. The molecule has 0 bridgehead atoms. The lowest BCUT2D eigenvalue weighted by atomic mass is 10.1. The fraction of sp³-hybridized carbons (Fsp3) is 0.714. The van der Waals surface area contributed by atoms with Gasteiger partial charge in [-0.3, -0.25) is 9.59 Å². The van der Waals surface area contributed by atoms with E-state index >= 15 is 0 Å². The second kappa shape index (κ2) is 37.1. The summed E-state index contributed by atoms with van der Waals surface area (Å²) in [7, 11) is 1.78. The average Bonchev–Trinajstić information content (AvgIpc) is 3.09. The molecule has 0 spiro atoms. The number of nitrogens with two attached hydrogens (primary N) is 1. The van der Waals surface area contributed by atoms with Crippen LogP contribution in [-0.4, -0.2) is 31.4 Å². The van der Waals surface area contributed by atoms with Crippen LogP contribution in [0.25, 0.3) is 0 Å². The highest BCUT2D eigenvalue weighted by Crippen LogP contribution is 2.11. The topological polar surface area (TPSA) is 96.2 Å². The third-order valence-electron chi connectivity index (χ3n) is 8.63. The van der Waals surface area contributed by atoms with Crippen molar-refractivity contribution in [2.24, 2.45) is 5.73 Å². The molecule has 0 aliphatic heterocycles. The van der Waals surface area contributed by atoms with Gasteiger partial charge in [-0.2, -0.15) is 0 Å². The van der Waals surface area contributed by atoms with Crippen molar-refractivity contribution < 1.29 is 9.59 Å². The van der Waals surface area contributed by atoms with Crippen LogP contribution in [0, 0.1) is 0 Å². The molecule has 0 fully saturated rings. The summed E-state index contributed by atoms with van der Waals surface area (Å²) in [6, 6.07) is -0.623. The number of allylic oxidation sites excluding steroid dienone is 8. The van der Waals surface area contributed by atoms with E-state index in [-0.39, 0.29) is 11.8 Å². The van der Waals surface area contributed by atoms with E-state index in [1.807, 2.05) is 0 Å². The largest absolute Gasteiger partial charge is 0.403 e. The Kier molecular flexibility index (Phi) is 34.9. The standard InChI is InChI=1S/C42H76N4O2/c1-4-6-8-10-12-14-16-18-20-22-24-26-28-30-32-34-36-45-42(48)40(37-39(38-43)44-3)46-41(47)35-33-31-29-27-25-23-21-19-17-15-13-11-9-7-5-2/h12-15,18-21,38,40,44H,4-11,16-17,22-37,43H2,1-3H3,(H,45,48)(H,46,47)/b14-12-,15-13-,20-18-,21-19-,39-38-. The molecule has 0 radical (unpaired) electrons. The zero-order chi connectivity index (χ0) is 35.2. The Hall–Kier alpha value is -2.76. The smallest absolute Gasteiger partial charge is 0.242 e. The van der Waals surface area contributed by atoms with E-state index in [2.05, 4.69) is 78.4 Å². The van der Waals surface area contributed by atoms with Crippen LogP contribution >= 0.6 is 0 Å². The number of hydrogen-bond acceptors (Lipinski definition) is 4. The summed E-state index contributed by atoms with van der Waals surface area (Å²) < 4.78 is 0. The van der Waals surface area contributed by atoms with Crippen molar-refractivity contribution in [2.75, 3.05) is 13.6 Å². The minimum Gasteiger partial charge on any atom is -0.403 e. The van der Waals surface area contributed by atoms with E-state index in [9.17, 15) is 9.59 Å². The quantitative estimate of drug-likeness (QED) is 0.0405. The van der Waals surface area contributed by atoms with Gasteiger partial charge in [-0.15, -0.1) is 0 Å². The summed E-state index contributed by atoms with van der Waals surface area (Å²) in [6.07, 6.45) is 47.6. The van der Waals surface area contributed by atoms with Crippen molar-refractivity contribution in [1.82, 2.24) is 16.0 Å². The van der Waals surface area contributed by atoms with Crippen molar-refractivity contribution in [3.63, 3.8) is 0 Å². The zero-order valence-electron chi connectivity index (χ0n) is 31.6. The second-order valence-corrected chi connectivity index (χ2v) is 13.1. The van der Waals surface area contributed by atoms with Crippen molar-refractivity contribution in [2.45, 2.75) is 180 Å². The van der Waals surface area contributed by atoms with Crippen molar-refractivity contribution in [1.29, 1.82) is 0 Å². The van der Waals surface area contributed by atoms with Crippen molar-refractivity contribution in [3.8, 4) is 0 Å². The van der Waals surface area contributed by atoms with Crippen LogP contribution in [0.2, 0.25) is 0 Å². The van der Waals surface area contributed by atoms with E-state index in [0.29, 0.717) is 19.4 Å². The molecule has 0 aromatic rings. The van der Waals surface area contributed by atoms with Crippen molar-refractivity contribution >= 4 is 11.8 Å². The first-order valence-electron chi connectivity index (χ1n) is 19.8. The van der Waals surface area contributed by atoms with Gasteiger partial charge in [0.05, 0.1) is 0 Å². The van der Waals surface area contributed by atoms with E-state index in [4.69, 9.17) is 5.73 Å². The number of carbonyl (C=O) groups excluding carboxylic acids is 2. The molecule has 6 heteroatoms. The Morgan fingerprint density at radius 2 is 1.02 bits per heavy atom. The molecule has 5 N–H and O–H groups in total. The highest BCUT2D eigenvalue weighted by molar-refractivity contribution is 5.87. The molecule has 1 unspecified atom stereocenters. The molecule has 2 amide bonds. The van der Waals surface area contributed by atoms with Crippen LogP contribution in [0.4, 0.5) is 0 Å². The molecule has 0 heterocycles. The lowest BCUT2D eigenvalue weighted by molar-refractivity contribution is -0.129. The van der Waals surface area contributed by atoms with E-state index in [1.54, 1.807) is 7.05 Å². The maximum Gasteiger partial charge on any atom is 0.242 e. The Bertz CT molecular complexity index is 890. The molecule has 0 aliphatic carbocycles. The van der Waals surface area contributed by atoms with Gasteiger partial charge in [-0.05, 0) is 77.0 Å². The van der Waals surface area contributed by atoms with Gasteiger partial charge in [0.25, 0.3) is 0 Å². The highest BCUT2D eigenvalue weighted by atomic mass is 16.2. The van der Waals surface area contributed by atoms with Crippen molar-refractivity contribution in [3.05, 3.63) is 60.5 Å². The van der Waals surface area contributed by atoms with Gasteiger partial charge in [-0.25, -0.2) is 0 Å². The molecular weight excluding hydrogens is 592 g/mol. The van der Waals surface area contributed by atoms with Gasteiger partial charge in [-0.1, -0.05) is 133 Å². The Morgan fingerprint density at radius 1 is 0.583 bits per heavy atom. The molecule has 1 atom stereocenters. The number of hydrogen-bond donors (Lipinski definition) is 4. The summed E-state index contributed by atoms with van der Waals surface area (Å²) >= 11 is 0. The highest BCUT2D eigenvalue weighted by Gasteiger charge is 2.21. The summed E-state index contributed by atoms with van der Waals surface area (Å²) in [5.74, 6) is -0.206. The first-order chi connectivity index (χ1) is 23.6. The van der Waals surface area contributed by atoms with Crippen LogP contribution < -0.4 is 21.7 Å². The fourth-order valence-corrected chi connectivity index (χ4v) is 5.49. The second-order valence-electron chi connectivity index (χ2n) is 13.1. The van der Waals surface area contributed by atoms with Crippen LogP contribution in [0.15, 0.2) is 60.5 Å². The van der Waals surface area contributed by atoms with Gasteiger partial charge < -0.3 is 21.7 Å². The molecule has 0 aromatic heterocycles. The molecule has 0 saturated heterocycles. The number of amides is 2. The minimum atomic E-state index is -0.623. The molecule has 0 aromatic carbocycles. The zero-order valence-corrected chi connectivity index (χ0v) is 31.6. The summed E-state index contributed by atoms with van der Waals surface area (Å²) in [4.78, 5) is 25.7. The van der Waals surface area contributed by atoms with Gasteiger partial charge >= 0.3 is 0 Å². The summed E-state index contributed by atoms with van der Waals surface area (Å²) in [5, 5.41) is 9.03. The maximum absolute atomic E-state index is 13.0. The van der Waals surface area contributed by atoms with Crippen LogP contribution in [0.3, 0.4) is 0 Å². The van der Waals surface area contributed by atoms with Crippen LogP contribution in [-0.2, 0) is 9.59 Å². The van der Waals surface area contributed by atoms with E-state index in [1.165, 1.54) is 96.1 Å². The van der Waals surface area contributed by atoms with Gasteiger partial charge in [0, 0.05) is 38.3 Å². The van der Waals surface area contributed by atoms with Gasteiger partial charge in [0.1, 0.15) is 6.04 Å². The Morgan fingerprint density at radius 3 is 1.48 bits per heavy atom. The number of nitrogens with one attached hydrogen (secondary N) is 3.